The molecule has 3 aromatic rings. The first-order valence-electron chi connectivity index (χ1n) is 7.78. The first kappa shape index (κ1) is 13.9. The van der Waals surface area contributed by atoms with Crippen LogP contribution in [0.3, 0.4) is 0 Å². The Labute approximate surface area is 134 Å². The van der Waals surface area contributed by atoms with Crippen LogP contribution in [0.1, 0.15) is 11.1 Å². The largest absolute Gasteiger partial charge is 0.497 e. The third kappa shape index (κ3) is 2.36. The maximum atomic E-state index is 12.8. The molecule has 1 aliphatic rings. The number of H-pyrrole nitrogens is 1. The minimum Gasteiger partial charge on any atom is -0.497 e. The number of para-hydroxylation sites is 1. The van der Waals surface area contributed by atoms with Gasteiger partial charge in [-0.2, -0.15) is 0 Å². The molecule has 0 saturated heterocycles. The Morgan fingerprint density at radius 1 is 1.26 bits per heavy atom. The summed E-state index contributed by atoms with van der Waals surface area (Å²) in [6.45, 7) is 0.768. The Kier molecular flexibility index (Phi) is 3.30. The lowest BCUT2D eigenvalue weighted by atomic mass is 10.1. The van der Waals surface area contributed by atoms with Crippen LogP contribution in [-0.2, 0) is 17.6 Å². The number of hydrogen-bond donors (Lipinski definition) is 1. The zero-order valence-corrected chi connectivity index (χ0v) is 13.0. The van der Waals surface area contributed by atoms with Gasteiger partial charge in [-0.15, -0.1) is 0 Å². The molecule has 23 heavy (non-hydrogen) atoms. The lowest BCUT2D eigenvalue weighted by Gasteiger charge is -2.17. The van der Waals surface area contributed by atoms with E-state index in [2.05, 4.69) is 11.1 Å². The molecule has 0 spiro atoms. The van der Waals surface area contributed by atoms with Crippen molar-refractivity contribution in [3.05, 3.63) is 59.8 Å². The van der Waals surface area contributed by atoms with Crippen molar-refractivity contribution < 1.29 is 9.53 Å². The predicted molar refractivity (Wildman–Crippen MR) is 91.1 cm³/mol. The summed E-state index contributed by atoms with van der Waals surface area (Å²) in [7, 11) is 1.65. The number of nitrogens with zero attached hydrogens (tertiary/aromatic N) is 1. The molecule has 4 nitrogen and oxygen atoms in total. The van der Waals surface area contributed by atoms with Crippen molar-refractivity contribution in [1.82, 2.24) is 4.98 Å². The molecule has 2 heterocycles. The highest BCUT2D eigenvalue weighted by molar-refractivity contribution is 5.99. The number of carbonyl (C=O) groups excluding carboxylic acids is 1. The van der Waals surface area contributed by atoms with Crippen LogP contribution in [0.4, 0.5) is 5.69 Å². The molecular formula is C19H18N2O2. The van der Waals surface area contributed by atoms with Gasteiger partial charge in [-0.3, -0.25) is 4.79 Å². The Balaban J connectivity index is 1.62. The zero-order valence-electron chi connectivity index (χ0n) is 13.0. The van der Waals surface area contributed by atoms with Crippen molar-refractivity contribution >= 4 is 22.5 Å². The smallest absolute Gasteiger partial charge is 0.231 e. The molecule has 0 fully saturated rings. The molecule has 0 unspecified atom stereocenters. The SMILES string of the molecule is COc1ccc2[nH]cc(CC(=O)N3CCc4ccccc43)c2c1. The van der Waals surface area contributed by atoms with Gasteiger partial charge in [-0.25, -0.2) is 0 Å². The lowest BCUT2D eigenvalue weighted by molar-refractivity contribution is -0.117. The van der Waals surface area contributed by atoms with Gasteiger partial charge in [0.25, 0.3) is 0 Å². The maximum Gasteiger partial charge on any atom is 0.231 e. The standard InChI is InChI=1S/C19H18N2O2/c1-23-15-6-7-17-16(11-15)14(12-20-17)10-19(22)21-9-8-13-4-2-3-5-18(13)21/h2-7,11-12,20H,8-10H2,1H3. The molecule has 116 valence electrons. The third-order valence-electron chi connectivity index (χ3n) is 4.50. The van der Waals surface area contributed by atoms with E-state index in [4.69, 9.17) is 4.74 Å². The summed E-state index contributed by atoms with van der Waals surface area (Å²) in [5.74, 6) is 0.941. The van der Waals surface area contributed by atoms with Crippen LogP contribution in [0, 0.1) is 0 Å². The quantitative estimate of drug-likeness (QED) is 0.807. The number of aromatic nitrogens is 1. The lowest BCUT2D eigenvalue weighted by Crippen LogP contribution is -2.30. The van der Waals surface area contributed by atoms with Crippen molar-refractivity contribution in [3.63, 3.8) is 0 Å². The average molecular weight is 306 g/mol. The van der Waals surface area contributed by atoms with Crippen molar-refractivity contribution in [2.24, 2.45) is 0 Å². The van der Waals surface area contributed by atoms with Gasteiger partial charge in [0, 0.05) is 29.3 Å². The molecule has 0 atom stereocenters. The Morgan fingerprint density at radius 3 is 3.00 bits per heavy atom. The summed E-state index contributed by atoms with van der Waals surface area (Å²) in [6, 6.07) is 14.0. The van der Waals surface area contributed by atoms with E-state index in [-0.39, 0.29) is 5.91 Å². The van der Waals surface area contributed by atoms with E-state index in [0.717, 1.165) is 40.9 Å². The first-order chi connectivity index (χ1) is 11.3. The summed E-state index contributed by atoms with van der Waals surface area (Å²) in [5, 5.41) is 1.05. The zero-order chi connectivity index (χ0) is 15.8. The molecule has 2 aromatic carbocycles. The topological polar surface area (TPSA) is 45.3 Å². The highest BCUT2D eigenvalue weighted by Crippen LogP contribution is 2.29. The fourth-order valence-electron chi connectivity index (χ4n) is 3.29. The summed E-state index contributed by atoms with van der Waals surface area (Å²) in [5.41, 5.74) is 4.33. The number of hydrogen-bond acceptors (Lipinski definition) is 2. The highest BCUT2D eigenvalue weighted by atomic mass is 16.5. The molecule has 0 radical (unpaired) electrons. The fraction of sp³-hybridized carbons (Fsp3) is 0.211. The van der Waals surface area contributed by atoms with Gasteiger partial charge in [-0.05, 0) is 41.8 Å². The number of benzene rings is 2. The van der Waals surface area contributed by atoms with E-state index >= 15 is 0 Å². The van der Waals surface area contributed by atoms with Crippen LogP contribution in [0.15, 0.2) is 48.7 Å². The van der Waals surface area contributed by atoms with E-state index in [1.165, 1.54) is 5.56 Å². The van der Waals surface area contributed by atoms with E-state index in [1.54, 1.807) is 7.11 Å². The summed E-state index contributed by atoms with van der Waals surface area (Å²) in [6.07, 6.45) is 3.25. The van der Waals surface area contributed by atoms with Crippen LogP contribution in [-0.4, -0.2) is 24.5 Å². The molecule has 1 aliphatic heterocycles. The molecule has 1 aromatic heterocycles. The van der Waals surface area contributed by atoms with Crippen LogP contribution in [0.5, 0.6) is 5.75 Å². The second-order valence-electron chi connectivity index (χ2n) is 5.83. The van der Waals surface area contributed by atoms with Gasteiger partial charge in [0.05, 0.1) is 13.5 Å². The molecule has 4 heteroatoms. The number of ether oxygens (including phenoxy) is 1. The number of anilines is 1. The number of amides is 1. The molecule has 1 amide bonds. The number of aromatic amines is 1. The van der Waals surface area contributed by atoms with Crippen LogP contribution in [0.2, 0.25) is 0 Å². The van der Waals surface area contributed by atoms with E-state index in [1.807, 2.05) is 47.5 Å². The number of fused-ring (bicyclic) bond motifs is 2. The fourth-order valence-corrected chi connectivity index (χ4v) is 3.29. The minimum atomic E-state index is 0.138. The second kappa shape index (κ2) is 5.47. The van der Waals surface area contributed by atoms with Crippen molar-refractivity contribution in [3.8, 4) is 5.75 Å². The van der Waals surface area contributed by atoms with E-state index in [0.29, 0.717) is 6.42 Å². The Hall–Kier alpha value is -2.75. The van der Waals surface area contributed by atoms with Gasteiger partial charge in [0.2, 0.25) is 5.91 Å². The second-order valence-corrected chi connectivity index (χ2v) is 5.83. The summed E-state index contributed by atoms with van der Waals surface area (Å²) < 4.78 is 5.29. The Bertz CT molecular complexity index is 882. The van der Waals surface area contributed by atoms with E-state index < -0.39 is 0 Å². The number of nitrogens with one attached hydrogen (secondary N) is 1. The van der Waals surface area contributed by atoms with Crippen LogP contribution >= 0.6 is 0 Å². The minimum absolute atomic E-state index is 0.138. The van der Waals surface area contributed by atoms with Gasteiger partial charge < -0.3 is 14.6 Å². The van der Waals surface area contributed by atoms with Gasteiger partial charge >= 0.3 is 0 Å². The molecule has 0 aliphatic carbocycles. The highest BCUT2D eigenvalue weighted by Gasteiger charge is 2.24. The Morgan fingerprint density at radius 2 is 2.13 bits per heavy atom. The maximum absolute atomic E-state index is 12.8. The van der Waals surface area contributed by atoms with Crippen molar-refractivity contribution in [1.29, 1.82) is 0 Å². The van der Waals surface area contributed by atoms with Gasteiger partial charge in [0.1, 0.15) is 5.75 Å². The van der Waals surface area contributed by atoms with E-state index in [9.17, 15) is 4.79 Å². The molecule has 0 bridgehead atoms. The van der Waals surface area contributed by atoms with Gasteiger partial charge in [0.15, 0.2) is 0 Å². The summed E-state index contributed by atoms with van der Waals surface area (Å²) in [4.78, 5) is 17.9. The number of carbonyl (C=O) groups is 1. The summed E-state index contributed by atoms with van der Waals surface area (Å²) >= 11 is 0. The normalized spacial score (nSPS) is 13.3. The van der Waals surface area contributed by atoms with Crippen LogP contribution in [0.25, 0.3) is 10.9 Å². The average Bonchev–Trinajstić information content (AvgIpc) is 3.18. The molecule has 1 N–H and O–H groups in total. The number of methoxy groups -OCH3 is 1. The first-order valence-corrected chi connectivity index (χ1v) is 7.78. The van der Waals surface area contributed by atoms with Crippen molar-refractivity contribution in [2.75, 3.05) is 18.6 Å². The molecular weight excluding hydrogens is 288 g/mol. The predicted octanol–water partition coefficient (Wildman–Crippen LogP) is 3.31. The molecule has 4 rings (SSSR count). The third-order valence-corrected chi connectivity index (χ3v) is 4.50. The van der Waals surface area contributed by atoms with Crippen LogP contribution < -0.4 is 9.64 Å². The van der Waals surface area contributed by atoms with Gasteiger partial charge in [-0.1, -0.05) is 18.2 Å². The van der Waals surface area contributed by atoms with Crippen molar-refractivity contribution in [2.45, 2.75) is 12.8 Å². The molecule has 0 saturated carbocycles. The number of rotatable bonds is 3. The monoisotopic (exact) mass is 306 g/mol.